The molecule has 0 aliphatic carbocycles. The summed E-state index contributed by atoms with van der Waals surface area (Å²) in [4.78, 5) is 22.3. The van der Waals surface area contributed by atoms with E-state index in [9.17, 15) is 0 Å². The van der Waals surface area contributed by atoms with E-state index in [1.807, 2.05) is 36.4 Å². The fourth-order valence-corrected chi connectivity index (χ4v) is 8.55. The zero-order valence-electron chi connectivity index (χ0n) is 30.1. The van der Waals surface area contributed by atoms with Crippen LogP contribution < -0.4 is 0 Å². The Morgan fingerprint density at radius 2 is 0.679 bits per heavy atom. The summed E-state index contributed by atoms with van der Waals surface area (Å²) in [7, 11) is 0. The molecule has 0 amide bonds. The quantitative estimate of drug-likeness (QED) is 0.155. The van der Waals surface area contributed by atoms with Gasteiger partial charge in [0.2, 0.25) is 0 Å². The van der Waals surface area contributed by atoms with E-state index in [1.54, 1.807) is 22.7 Å². The summed E-state index contributed by atoms with van der Waals surface area (Å²) >= 11 is 3.38. The number of aromatic nitrogens is 4. The lowest BCUT2D eigenvalue weighted by molar-refractivity contribution is 1.19. The van der Waals surface area contributed by atoms with Gasteiger partial charge in [0.05, 0.1) is 32.5 Å². The van der Waals surface area contributed by atoms with Crippen molar-refractivity contribution in [2.24, 2.45) is 0 Å². The highest BCUT2D eigenvalue weighted by molar-refractivity contribution is 7.13. The predicted molar refractivity (Wildman–Crippen MR) is 234 cm³/mol. The summed E-state index contributed by atoms with van der Waals surface area (Å²) in [5.41, 5.74) is 12.4. The first-order chi connectivity index (χ1) is 27.7. The van der Waals surface area contributed by atoms with Crippen LogP contribution in [-0.4, -0.2) is 19.9 Å². The summed E-state index contributed by atoms with van der Waals surface area (Å²) in [6.45, 7) is 0. The average Bonchev–Trinajstić information content (AvgIpc) is 4.03. The molecule has 0 unspecified atom stereocenters. The lowest BCUT2D eigenvalue weighted by Gasteiger charge is -2.13. The molecule has 56 heavy (non-hydrogen) atoms. The summed E-state index contributed by atoms with van der Waals surface area (Å²) in [5, 5.41) is 6.57. The van der Waals surface area contributed by atoms with Crippen LogP contribution in [0.1, 0.15) is 0 Å². The Hall–Kier alpha value is -6.86. The Bertz CT molecular complexity index is 2720. The van der Waals surface area contributed by atoms with Gasteiger partial charge in [-0.25, -0.2) is 19.9 Å². The van der Waals surface area contributed by atoms with Crippen molar-refractivity contribution >= 4 is 33.4 Å². The van der Waals surface area contributed by atoms with Crippen LogP contribution in [-0.2, 0) is 0 Å². The second-order valence-corrected chi connectivity index (χ2v) is 15.4. The largest absolute Gasteiger partial charge is 0.228 e. The number of nitrogens with zero attached hydrogens (tertiary/aromatic N) is 4. The molecule has 0 saturated carbocycles. The summed E-state index contributed by atoms with van der Waals surface area (Å²) in [6, 6.07) is 63.5. The number of hydrogen-bond donors (Lipinski definition) is 0. The Morgan fingerprint density at radius 3 is 1.07 bits per heavy atom. The van der Waals surface area contributed by atoms with Crippen LogP contribution in [0.5, 0.6) is 0 Å². The highest BCUT2D eigenvalue weighted by Gasteiger charge is 2.15. The van der Waals surface area contributed by atoms with E-state index >= 15 is 0 Å². The molecule has 4 nitrogen and oxygen atoms in total. The first-order valence-electron chi connectivity index (χ1n) is 18.4. The van der Waals surface area contributed by atoms with E-state index in [-0.39, 0.29) is 0 Å². The zero-order valence-corrected chi connectivity index (χ0v) is 31.7. The molecule has 10 rings (SSSR count). The van der Waals surface area contributed by atoms with E-state index in [0.29, 0.717) is 11.6 Å². The normalized spacial score (nSPS) is 11.2. The van der Waals surface area contributed by atoms with Gasteiger partial charge in [0.1, 0.15) is 0 Å². The number of thiophene rings is 2. The summed E-state index contributed by atoms with van der Waals surface area (Å²) < 4.78 is 0. The number of fused-ring (bicyclic) bond motifs is 1. The van der Waals surface area contributed by atoms with E-state index in [0.717, 1.165) is 65.9 Å². The van der Waals surface area contributed by atoms with Crippen LogP contribution in [0.3, 0.4) is 0 Å². The number of rotatable bonds is 8. The molecule has 0 aliphatic rings. The van der Waals surface area contributed by atoms with Gasteiger partial charge in [0, 0.05) is 22.3 Å². The maximum absolute atomic E-state index is 5.03. The minimum atomic E-state index is 0.713. The molecular weight excluding hydrogens is 721 g/mol. The third kappa shape index (κ3) is 6.62. The molecular formula is C50H32N4S2. The Labute approximate surface area is 333 Å². The first-order valence-corrected chi connectivity index (χ1v) is 20.2. The molecule has 0 N–H and O–H groups in total. The van der Waals surface area contributed by atoms with E-state index in [4.69, 9.17) is 19.9 Å². The smallest absolute Gasteiger partial charge is 0.160 e. The van der Waals surface area contributed by atoms with Gasteiger partial charge in [0.25, 0.3) is 0 Å². The zero-order chi connectivity index (χ0) is 37.3. The summed E-state index contributed by atoms with van der Waals surface area (Å²) in [6.07, 6.45) is 0. The summed E-state index contributed by atoms with van der Waals surface area (Å²) in [5.74, 6) is 1.43. The van der Waals surface area contributed by atoms with Crippen LogP contribution in [0.15, 0.2) is 193 Å². The van der Waals surface area contributed by atoms with Crippen LogP contribution in [0.25, 0.3) is 99.5 Å². The van der Waals surface area contributed by atoms with Gasteiger partial charge >= 0.3 is 0 Å². The fraction of sp³-hybridized carbons (Fsp3) is 0. The molecule has 0 bridgehead atoms. The SMILES string of the molecule is c1ccc(-c2cc(-c3cccs3)nc(-c3ccc(-c4cccc5c(-c6ccc(-c7nc(-c8ccccc8)cc(-c8cccs8)n7)cc6)cccc45)cc3)n2)cc1. The molecule has 0 fully saturated rings. The van der Waals surface area contributed by atoms with Gasteiger partial charge in [0.15, 0.2) is 11.6 Å². The van der Waals surface area contributed by atoms with Crippen molar-refractivity contribution in [2.75, 3.05) is 0 Å². The van der Waals surface area contributed by atoms with Gasteiger partial charge < -0.3 is 0 Å². The van der Waals surface area contributed by atoms with Gasteiger partial charge in [-0.3, -0.25) is 0 Å². The van der Waals surface area contributed by atoms with Gasteiger partial charge in [-0.15, -0.1) is 22.7 Å². The highest BCUT2D eigenvalue weighted by atomic mass is 32.1. The van der Waals surface area contributed by atoms with Crippen LogP contribution in [0, 0.1) is 0 Å². The molecule has 6 aromatic carbocycles. The molecule has 6 heteroatoms. The highest BCUT2D eigenvalue weighted by Crippen LogP contribution is 2.37. The maximum Gasteiger partial charge on any atom is 0.160 e. The second kappa shape index (κ2) is 14.8. The predicted octanol–water partition coefficient (Wildman–Crippen LogP) is 13.9. The molecule has 0 aliphatic heterocycles. The number of benzene rings is 6. The van der Waals surface area contributed by atoms with Crippen molar-refractivity contribution in [3.05, 3.63) is 193 Å². The van der Waals surface area contributed by atoms with Crippen LogP contribution >= 0.6 is 22.7 Å². The molecule has 0 saturated heterocycles. The molecule has 0 atom stereocenters. The van der Waals surface area contributed by atoms with Crippen molar-refractivity contribution in [1.29, 1.82) is 0 Å². The lowest BCUT2D eigenvalue weighted by atomic mass is 9.92. The van der Waals surface area contributed by atoms with Gasteiger partial charge in [-0.05, 0) is 68.1 Å². The average molecular weight is 753 g/mol. The van der Waals surface area contributed by atoms with Crippen LogP contribution in [0.2, 0.25) is 0 Å². The van der Waals surface area contributed by atoms with E-state index < -0.39 is 0 Å². The topological polar surface area (TPSA) is 51.6 Å². The third-order valence-electron chi connectivity index (χ3n) is 9.97. The van der Waals surface area contributed by atoms with Crippen LogP contribution in [0.4, 0.5) is 0 Å². The lowest BCUT2D eigenvalue weighted by Crippen LogP contribution is -1.95. The Balaban J connectivity index is 0.981. The molecule has 10 aromatic rings. The fourth-order valence-electron chi connectivity index (χ4n) is 7.18. The van der Waals surface area contributed by atoms with Crippen molar-refractivity contribution in [3.63, 3.8) is 0 Å². The Kier molecular flexibility index (Phi) is 8.88. The molecule has 0 radical (unpaired) electrons. The number of hydrogen-bond acceptors (Lipinski definition) is 6. The third-order valence-corrected chi connectivity index (χ3v) is 11.8. The second-order valence-electron chi connectivity index (χ2n) is 13.5. The van der Waals surface area contributed by atoms with E-state index in [1.165, 1.54) is 21.9 Å². The van der Waals surface area contributed by atoms with Crippen molar-refractivity contribution < 1.29 is 0 Å². The molecule has 264 valence electrons. The molecule has 0 spiro atoms. The molecule has 4 aromatic heterocycles. The monoisotopic (exact) mass is 752 g/mol. The van der Waals surface area contributed by atoms with Gasteiger partial charge in [-0.1, -0.05) is 158 Å². The maximum atomic E-state index is 5.03. The van der Waals surface area contributed by atoms with Crippen molar-refractivity contribution in [2.45, 2.75) is 0 Å². The molecule has 4 heterocycles. The minimum absolute atomic E-state index is 0.713. The Morgan fingerprint density at radius 1 is 0.286 bits per heavy atom. The first kappa shape index (κ1) is 33.7. The van der Waals surface area contributed by atoms with E-state index in [2.05, 4.69) is 156 Å². The van der Waals surface area contributed by atoms with Crippen molar-refractivity contribution in [1.82, 2.24) is 19.9 Å². The minimum Gasteiger partial charge on any atom is -0.228 e. The van der Waals surface area contributed by atoms with Gasteiger partial charge in [-0.2, -0.15) is 0 Å². The standard InChI is InChI=1S/C50H32N4S2/c1-3-11-35(12-4-1)43-31-45(47-19-9-29-55-47)53-49(51-43)37-25-21-33(22-26-37)39-15-7-18-42-40(16-8-17-41(39)42)34-23-27-38(28-24-34)50-52-44(36-13-5-2-6-14-36)32-46(54-50)48-20-10-30-56-48/h1-32H. The van der Waals surface area contributed by atoms with Crippen molar-refractivity contribution in [3.8, 4) is 88.7 Å².